The summed E-state index contributed by atoms with van der Waals surface area (Å²) in [5.74, 6) is 0.736. The molecule has 108 valence electrons. The highest BCUT2D eigenvalue weighted by atomic mass is 16.2. The molecular weight excluding hydrogens is 226 g/mol. The summed E-state index contributed by atoms with van der Waals surface area (Å²) in [6.45, 7) is 9.40. The second-order valence-electron chi connectivity index (χ2n) is 5.64. The van der Waals surface area contributed by atoms with Crippen LogP contribution in [0.3, 0.4) is 0 Å². The summed E-state index contributed by atoms with van der Waals surface area (Å²) >= 11 is 0. The number of carbonyl (C=O) groups excluding carboxylic acids is 1. The Morgan fingerprint density at radius 2 is 1.83 bits per heavy atom. The normalized spacial score (nSPS) is 13.1. The SMILES string of the molecule is CCN(CCCN(C)C)C(=O)C(CN)CC(C)C. The molecule has 0 aromatic carbocycles. The van der Waals surface area contributed by atoms with E-state index in [0.717, 1.165) is 32.5 Å². The van der Waals surface area contributed by atoms with Crippen molar-refractivity contribution in [2.45, 2.75) is 33.6 Å². The predicted octanol–water partition coefficient (Wildman–Crippen LogP) is 1.41. The van der Waals surface area contributed by atoms with Gasteiger partial charge in [0.2, 0.25) is 5.91 Å². The van der Waals surface area contributed by atoms with E-state index in [1.54, 1.807) is 0 Å². The Balaban J connectivity index is 4.29. The molecule has 0 heterocycles. The van der Waals surface area contributed by atoms with Gasteiger partial charge in [0.1, 0.15) is 0 Å². The molecule has 0 radical (unpaired) electrons. The van der Waals surface area contributed by atoms with Crippen LogP contribution in [0.2, 0.25) is 0 Å². The van der Waals surface area contributed by atoms with Crippen LogP contribution in [0.1, 0.15) is 33.6 Å². The topological polar surface area (TPSA) is 49.6 Å². The third-order valence-corrected chi connectivity index (χ3v) is 3.12. The van der Waals surface area contributed by atoms with Crippen LogP contribution in [-0.4, -0.2) is 56.0 Å². The van der Waals surface area contributed by atoms with E-state index in [0.29, 0.717) is 12.5 Å². The first-order chi connectivity index (χ1) is 8.42. The van der Waals surface area contributed by atoms with E-state index in [2.05, 4.69) is 32.8 Å². The van der Waals surface area contributed by atoms with Crippen molar-refractivity contribution in [1.29, 1.82) is 0 Å². The number of rotatable bonds is 9. The lowest BCUT2D eigenvalue weighted by molar-refractivity contribution is -0.135. The molecule has 0 aliphatic heterocycles. The number of nitrogens with two attached hydrogens (primary N) is 1. The van der Waals surface area contributed by atoms with Crippen LogP contribution in [0.4, 0.5) is 0 Å². The van der Waals surface area contributed by atoms with Gasteiger partial charge in [0.05, 0.1) is 5.92 Å². The lowest BCUT2D eigenvalue weighted by Gasteiger charge is -2.27. The molecule has 0 saturated heterocycles. The lowest BCUT2D eigenvalue weighted by Crippen LogP contribution is -2.40. The number of nitrogens with zero attached hydrogens (tertiary/aromatic N) is 2. The Labute approximate surface area is 113 Å². The smallest absolute Gasteiger partial charge is 0.226 e. The van der Waals surface area contributed by atoms with Crippen molar-refractivity contribution >= 4 is 5.91 Å². The van der Waals surface area contributed by atoms with Gasteiger partial charge in [-0.05, 0) is 46.3 Å². The van der Waals surface area contributed by atoms with Crippen LogP contribution in [0.5, 0.6) is 0 Å². The van der Waals surface area contributed by atoms with Crippen LogP contribution >= 0.6 is 0 Å². The monoisotopic (exact) mass is 257 g/mol. The first kappa shape index (κ1) is 17.4. The summed E-state index contributed by atoms with van der Waals surface area (Å²) < 4.78 is 0. The van der Waals surface area contributed by atoms with E-state index in [4.69, 9.17) is 5.73 Å². The number of hydrogen-bond donors (Lipinski definition) is 1. The fourth-order valence-corrected chi connectivity index (χ4v) is 2.13. The van der Waals surface area contributed by atoms with Gasteiger partial charge >= 0.3 is 0 Å². The van der Waals surface area contributed by atoms with Crippen molar-refractivity contribution in [2.75, 3.05) is 40.3 Å². The summed E-state index contributed by atoms with van der Waals surface area (Å²) in [5, 5.41) is 0. The summed E-state index contributed by atoms with van der Waals surface area (Å²) in [6.07, 6.45) is 1.91. The zero-order chi connectivity index (χ0) is 14.1. The van der Waals surface area contributed by atoms with Crippen molar-refractivity contribution in [3.05, 3.63) is 0 Å². The molecule has 1 amide bonds. The molecular formula is C14H31N3O. The van der Waals surface area contributed by atoms with E-state index in [-0.39, 0.29) is 11.8 Å². The van der Waals surface area contributed by atoms with E-state index in [1.165, 1.54) is 0 Å². The lowest BCUT2D eigenvalue weighted by atomic mass is 9.96. The molecule has 1 atom stereocenters. The second-order valence-corrected chi connectivity index (χ2v) is 5.64. The van der Waals surface area contributed by atoms with E-state index < -0.39 is 0 Å². The molecule has 18 heavy (non-hydrogen) atoms. The van der Waals surface area contributed by atoms with Crippen molar-refractivity contribution in [2.24, 2.45) is 17.6 Å². The Kier molecular flexibility index (Phi) is 9.02. The van der Waals surface area contributed by atoms with Gasteiger partial charge in [-0.15, -0.1) is 0 Å². The highest BCUT2D eigenvalue weighted by molar-refractivity contribution is 5.79. The van der Waals surface area contributed by atoms with E-state index >= 15 is 0 Å². The molecule has 4 heteroatoms. The van der Waals surface area contributed by atoms with Gasteiger partial charge in [0.15, 0.2) is 0 Å². The first-order valence-electron chi connectivity index (χ1n) is 7.05. The Hall–Kier alpha value is -0.610. The highest BCUT2D eigenvalue weighted by Crippen LogP contribution is 2.14. The van der Waals surface area contributed by atoms with Crippen LogP contribution in [0.25, 0.3) is 0 Å². The quantitative estimate of drug-likeness (QED) is 0.679. The number of amides is 1. The van der Waals surface area contributed by atoms with Gasteiger partial charge in [-0.3, -0.25) is 4.79 Å². The van der Waals surface area contributed by atoms with Gasteiger partial charge in [0.25, 0.3) is 0 Å². The largest absolute Gasteiger partial charge is 0.343 e. The molecule has 1 unspecified atom stereocenters. The minimum absolute atomic E-state index is 0.00990. The van der Waals surface area contributed by atoms with Gasteiger partial charge < -0.3 is 15.5 Å². The molecule has 0 rings (SSSR count). The standard InChI is InChI=1S/C14H31N3O/c1-6-17(9-7-8-16(4)5)14(18)13(11-15)10-12(2)3/h12-13H,6-11,15H2,1-5H3. The van der Waals surface area contributed by atoms with Crippen LogP contribution in [-0.2, 0) is 4.79 Å². The number of hydrogen-bond acceptors (Lipinski definition) is 3. The zero-order valence-electron chi connectivity index (χ0n) is 12.8. The first-order valence-corrected chi connectivity index (χ1v) is 7.05. The van der Waals surface area contributed by atoms with E-state index in [9.17, 15) is 4.79 Å². The van der Waals surface area contributed by atoms with Crippen molar-refractivity contribution in [3.63, 3.8) is 0 Å². The predicted molar refractivity (Wildman–Crippen MR) is 77.4 cm³/mol. The molecule has 0 aliphatic carbocycles. The maximum atomic E-state index is 12.3. The van der Waals surface area contributed by atoms with Gasteiger partial charge in [-0.1, -0.05) is 13.8 Å². The molecule has 0 spiro atoms. The fourth-order valence-electron chi connectivity index (χ4n) is 2.13. The summed E-state index contributed by atoms with van der Waals surface area (Å²) in [7, 11) is 4.11. The van der Waals surface area contributed by atoms with Crippen LogP contribution in [0.15, 0.2) is 0 Å². The molecule has 4 nitrogen and oxygen atoms in total. The van der Waals surface area contributed by atoms with Gasteiger partial charge in [-0.25, -0.2) is 0 Å². The van der Waals surface area contributed by atoms with Crippen molar-refractivity contribution < 1.29 is 4.79 Å². The molecule has 0 aliphatic rings. The van der Waals surface area contributed by atoms with Gasteiger partial charge in [0, 0.05) is 19.6 Å². The maximum Gasteiger partial charge on any atom is 0.226 e. The molecule has 0 aromatic heterocycles. The van der Waals surface area contributed by atoms with Gasteiger partial charge in [-0.2, -0.15) is 0 Å². The second kappa shape index (κ2) is 9.34. The minimum atomic E-state index is -0.00990. The Bertz CT molecular complexity index is 229. The minimum Gasteiger partial charge on any atom is -0.343 e. The summed E-state index contributed by atoms with van der Waals surface area (Å²) in [4.78, 5) is 16.4. The maximum absolute atomic E-state index is 12.3. The number of carbonyl (C=O) groups is 1. The zero-order valence-corrected chi connectivity index (χ0v) is 12.8. The molecule has 0 aromatic rings. The third kappa shape index (κ3) is 6.97. The van der Waals surface area contributed by atoms with Crippen molar-refractivity contribution in [1.82, 2.24) is 9.80 Å². The average Bonchev–Trinajstić information content (AvgIpc) is 2.30. The summed E-state index contributed by atoms with van der Waals surface area (Å²) in [5.41, 5.74) is 5.74. The highest BCUT2D eigenvalue weighted by Gasteiger charge is 2.22. The molecule has 0 fully saturated rings. The molecule has 0 saturated carbocycles. The fraction of sp³-hybridized carbons (Fsp3) is 0.929. The van der Waals surface area contributed by atoms with Crippen molar-refractivity contribution in [3.8, 4) is 0 Å². The van der Waals surface area contributed by atoms with E-state index in [1.807, 2.05) is 11.8 Å². The Morgan fingerprint density at radius 3 is 2.22 bits per heavy atom. The Morgan fingerprint density at radius 1 is 1.22 bits per heavy atom. The third-order valence-electron chi connectivity index (χ3n) is 3.12. The van der Waals surface area contributed by atoms with Crippen LogP contribution in [0, 0.1) is 11.8 Å². The molecule has 0 bridgehead atoms. The average molecular weight is 257 g/mol. The van der Waals surface area contributed by atoms with Crippen LogP contribution < -0.4 is 5.73 Å². The summed E-state index contributed by atoms with van der Waals surface area (Å²) in [6, 6.07) is 0. The molecule has 2 N–H and O–H groups in total.